The fraction of sp³-hybridized carbons (Fsp3) is 0.650. The van der Waals surface area contributed by atoms with Crippen molar-refractivity contribution in [3.05, 3.63) is 29.8 Å². The third-order valence-corrected chi connectivity index (χ3v) is 8.32. The Balaban J connectivity index is 1.65. The van der Waals surface area contributed by atoms with Crippen LogP contribution in [0.25, 0.3) is 0 Å². The summed E-state index contributed by atoms with van der Waals surface area (Å²) in [6.07, 6.45) is 5.20. The van der Waals surface area contributed by atoms with Gasteiger partial charge in [-0.25, -0.2) is 8.42 Å². The van der Waals surface area contributed by atoms with Crippen molar-refractivity contribution in [2.45, 2.75) is 57.4 Å². The SMILES string of the molecule is CCN(CC)S(=O)(=O)c1ccc(C(=O)N[C@H](C)[C@H]2C[C@H]3CC[C@H]2C3)cc1. The number of carbonyl (C=O) groups excluding carboxylic acids is 1. The van der Waals surface area contributed by atoms with Crippen LogP contribution in [0.3, 0.4) is 0 Å². The molecule has 1 N–H and O–H groups in total. The summed E-state index contributed by atoms with van der Waals surface area (Å²) in [6.45, 7) is 6.60. The topological polar surface area (TPSA) is 66.5 Å². The maximum atomic E-state index is 12.6. The van der Waals surface area contributed by atoms with E-state index in [0.29, 0.717) is 24.6 Å². The molecule has 0 aromatic heterocycles. The van der Waals surface area contributed by atoms with Crippen molar-refractivity contribution in [1.82, 2.24) is 9.62 Å². The number of nitrogens with zero attached hydrogens (tertiary/aromatic N) is 1. The second-order valence-corrected chi connectivity index (χ2v) is 9.65. The molecule has 0 heterocycles. The molecule has 144 valence electrons. The van der Waals surface area contributed by atoms with Gasteiger partial charge in [-0.1, -0.05) is 20.3 Å². The molecule has 2 aliphatic rings. The Labute approximate surface area is 157 Å². The summed E-state index contributed by atoms with van der Waals surface area (Å²) >= 11 is 0. The van der Waals surface area contributed by atoms with Crippen LogP contribution in [0, 0.1) is 17.8 Å². The molecule has 1 amide bonds. The van der Waals surface area contributed by atoms with Gasteiger partial charge in [-0.05, 0) is 68.2 Å². The molecular weight excluding hydrogens is 348 g/mol. The molecule has 0 aliphatic heterocycles. The van der Waals surface area contributed by atoms with Gasteiger partial charge < -0.3 is 5.32 Å². The molecule has 2 bridgehead atoms. The first-order valence-electron chi connectivity index (χ1n) is 9.77. The lowest BCUT2D eigenvalue weighted by Crippen LogP contribution is -2.40. The Kier molecular flexibility index (Phi) is 5.72. The van der Waals surface area contributed by atoms with E-state index in [1.54, 1.807) is 12.1 Å². The van der Waals surface area contributed by atoms with E-state index in [0.717, 1.165) is 11.8 Å². The lowest BCUT2D eigenvalue weighted by atomic mass is 9.84. The first-order valence-corrected chi connectivity index (χ1v) is 11.2. The fourth-order valence-electron chi connectivity index (χ4n) is 4.79. The molecule has 5 nitrogen and oxygen atoms in total. The summed E-state index contributed by atoms with van der Waals surface area (Å²) in [5.41, 5.74) is 0.513. The van der Waals surface area contributed by atoms with E-state index in [1.165, 1.54) is 42.1 Å². The second-order valence-electron chi connectivity index (χ2n) is 7.71. The minimum atomic E-state index is -3.48. The number of amides is 1. The van der Waals surface area contributed by atoms with Crippen LogP contribution in [0.2, 0.25) is 0 Å². The number of hydrogen-bond donors (Lipinski definition) is 1. The molecule has 0 radical (unpaired) electrons. The van der Waals surface area contributed by atoms with Gasteiger partial charge in [0.1, 0.15) is 0 Å². The van der Waals surface area contributed by atoms with Crippen molar-refractivity contribution in [2.24, 2.45) is 17.8 Å². The zero-order valence-electron chi connectivity index (χ0n) is 15.9. The maximum Gasteiger partial charge on any atom is 0.251 e. The van der Waals surface area contributed by atoms with Crippen molar-refractivity contribution in [3.8, 4) is 0 Å². The molecule has 2 saturated carbocycles. The van der Waals surface area contributed by atoms with Crippen LogP contribution in [0.1, 0.15) is 56.8 Å². The molecule has 2 fully saturated rings. The molecular formula is C20H30N2O3S. The van der Waals surface area contributed by atoms with E-state index < -0.39 is 10.0 Å². The first-order chi connectivity index (χ1) is 12.4. The summed E-state index contributed by atoms with van der Waals surface area (Å²) in [6, 6.07) is 6.45. The Morgan fingerprint density at radius 3 is 2.31 bits per heavy atom. The van der Waals surface area contributed by atoms with E-state index in [-0.39, 0.29) is 16.8 Å². The van der Waals surface area contributed by atoms with Crippen molar-refractivity contribution in [2.75, 3.05) is 13.1 Å². The molecule has 1 aromatic carbocycles. The summed E-state index contributed by atoms with van der Waals surface area (Å²) in [7, 11) is -3.48. The van der Waals surface area contributed by atoms with Gasteiger partial charge in [0.2, 0.25) is 10.0 Å². The summed E-state index contributed by atoms with van der Waals surface area (Å²) in [4.78, 5) is 12.8. The Morgan fingerprint density at radius 2 is 1.81 bits per heavy atom. The van der Waals surface area contributed by atoms with E-state index >= 15 is 0 Å². The van der Waals surface area contributed by atoms with Gasteiger partial charge in [-0.3, -0.25) is 4.79 Å². The van der Waals surface area contributed by atoms with Gasteiger partial charge in [0.05, 0.1) is 4.90 Å². The Bertz CT molecular complexity index is 741. The van der Waals surface area contributed by atoms with E-state index in [1.807, 2.05) is 13.8 Å². The van der Waals surface area contributed by atoms with Crippen LogP contribution in [-0.2, 0) is 10.0 Å². The standard InChI is InChI=1S/C20H30N2O3S/c1-4-22(5-2)26(24,25)18-10-8-16(9-11-18)20(23)21-14(3)19-13-15-6-7-17(19)12-15/h8-11,14-15,17,19H,4-7,12-13H2,1-3H3,(H,21,23)/t14-,15+,17+,19-/m1/s1. The number of benzene rings is 1. The smallest absolute Gasteiger partial charge is 0.251 e. The number of hydrogen-bond acceptors (Lipinski definition) is 3. The van der Waals surface area contributed by atoms with Crippen LogP contribution in [0.5, 0.6) is 0 Å². The van der Waals surface area contributed by atoms with E-state index in [2.05, 4.69) is 12.2 Å². The summed E-state index contributed by atoms with van der Waals surface area (Å²) in [5.74, 6) is 2.08. The highest BCUT2D eigenvalue weighted by molar-refractivity contribution is 7.89. The molecule has 4 atom stereocenters. The normalized spacial score (nSPS) is 26.2. The average Bonchev–Trinajstić information content (AvgIpc) is 3.26. The summed E-state index contributed by atoms with van der Waals surface area (Å²) in [5, 5.41) is 3.13. The zero-order chi connectivity index (χ0) is 18.9. The number of nitrogens with one attached hydrogen (secondary N) is 1. The second kappa shape index (κ2) is 7.69. The molecule has 3 rings (SSSR count). The van der Waals surface area contributed by atoms with E-state index in [9.17, 15) is 13.2 Å². The van der Waals surface area contributed by atoms with Crippen LogP contribution < -0.4 is 5.32 Å². The van der Waals surface area contributed by atoms with Crippen molar-refractivity contribution >= 4 is 15.9 Å². The highest BCUT2D eigenvalue weighted by Crippen LogP contribution is 2.49. The van der Waals surface area contributed by atoms with Crippen LogP contribution in [-0.4, -0.2) is 37.8 Å². The molecule has 2 aliphatic carbocycles. The summed E-state index contributed by atoms with van der Waals surface area (Å²) < 4.78 is 26.5. The molecule has 0 unspecified atom stereocenters. The minimum absolute atomic E-state index is 0.118. The van der Waals surface area contributed by atoms with Gasteiger partial charge in [0.15, 0.2) is 0 Å². The van der Waals surface area contributed by atoms with Crippen molar-refractivity contribution < 1.29 is 13.2 Å². The lowest BCUT2D eigenvalue weighted by molar-refractivity contribution is 0.0915. The predicted octanol–water partition coefficient (Wildman–Crippen LogP) is 3.27. The van der Waals surface area contributed by atoms with E-state index in [4.69, 9.17) is 0 Å². The average molecular weight is 379 g/mol. The predicted molar refractivity (Wildman–Crippen MR) is 102 cm³/mol. The monoisotopic (exact) mass is 378 g/mol. The molecule has 0 saturated heterocycles. The molecule has 0 spiro atoms. The Morgan fingerprint density at radius 1 is 1.15 bits per heavy atom. The molecule has 1 aromatic rings. The van der Waals surface area contributed by atoms with Gasteiger partial charge in [-0.15, -0.1) is 0 Å². The van der Waals surface area contributed by atoms with Crippen LogP contribution >= 0.6 is 0 Å². The van der Waals surface area contributed by atoms with Gasteiger partial charge >= 0.3 is 0 Å². The minimum Gasteiger partial charge on any atom is -0.349 e. The highest BCUT2D eigenvalue weighted by atomic mass is 32.2. The molecule has 6 heteroatoms. The number of rotatable bonds is 7. The largest absolute Gasteiger partial charge is 0.349 e. The molecule has 26 heavy (non-hydrogen) atoms. The maximum absolute atomic E-state index is 12.6. The van der Waals surface area contributed by atoms with Gasteiger partial charge in [0.25, 0.3) is 5.91 Å². The number of sulfonamides is 1. The first kappa shape index (κ1) is 19.4. The van der Waals surface area contributed by atoms with Crippen LogP contribution in [0.4, 0.5) is 0 Å². The van der Waals surface area contributed by atoms with Crippen LogP contribution in [0.15, 0.2) is 29.2 Å². The number of carbonyl (C=O) groups is 1. The van der Waals surface area contributed by atoms with Gasteiger partial charge in [0, 0.05) is 24.7 Å². The quantitative estimate of drug-likeness (QED) is 0.792. The fourth-order valence-corrected chi connectivity index (χ4v) is 6.25. The third kappa shape index (κ3) is 3.67. The Hall–Kier alpha value is -1.40. The van der Waals surface area contributed by atoms with Gasteiger partial charge in [-0.2, -0.15) is 4.31 Å². The number of fused-ring (bicyclic) bond motifs is 2. The van der Waals surface area contributed by atoms with Crippen molar-refractivity contribution in [3.63, 3.8) is 0 Å². The third-order valence-electron chi connectivity index (χ3n) is 6.25. The lowest BCUT2D eigenvalue weighted by Gasteiger charge is -2.28. The van der Waals surface area contributed by atoms with Crippen molar-refractivity contribution in [1.29, 1.82) is 0 Å². The highest BCUT2D eigenvalue weighted by Gasteiger charge is 2.42. The zero-order valence-corrected chi connectivity index (χ0v) is 16.8.